The molecule has 0 N–H and O–H groups in total. The van der Waals surface area contributed by atoms with Gasteiger partial charge < -0.3 is 9.13 Å². The predicted octanol–water partition coefficient (Wildman–Crippen LogP) is 8.00. The number of aromatic nitrogens is 2. The van der Waals surface area contributed by atoms with Crippen molar-refractivity contribution in [2.24, 2.45) is 0 Å². The Bertz CT molecular complexity index is 1220. The molecule has 0 spiro atoms. The van der Waals surface area contributed by atoms with Crippen molar-refractivity contribution in [2.45, 2.75) is 26.9 Å². The number of hydrogen-bond donors (Lipinski definition) is 0. The van der Waals surface area contributed by atoms with Crippen molar-refractivity contribution in [2.75, 3.05) is 0 Å². The minimum Gasteiger partial charge on any atom is -0.347 e. The van der Waals surface area contributed by atoms with Gasteiger partial charge in [-0.3, -0.25) is 0 Å². The molecule has 3 aromatic carbocycles. The third-order valence-corrected chi connectivity index (χ3v) is 6.14. The maximum absolute atomic E-state index is 2.33. The van der Waals surface area contributed by atoms with Crippen LogP contribution in [-0.4, -0.2) is 9.13 Å². The topological polar surface area (TPSA) is 9.86 Å². The van der Waals surface area contributed by atoms with Crippen LogP contribution < -0.4 is 0 Å². The molecule has 0 aliphatic carbocycles. The summed E-state index contributed by atoms with van der Waals surface area (Å²) in [6.45, 7) is 6.30. The smallest absolute Gasteiger partial charge is 0.0486 e. The van der Waals surface area contributed by atoms with Gasteiger partial charge in [0.25, 0.3) is 0 Å². The minimum atomic E-state index is 0.948. The van der Waals surface area contributed by atoms with Crippen LogP contribution in [0.25, 0.3) is 44.8 Å². The van der Waals surface area contributed by atoms with E-state index in [1.807, 2.05) is 0 Å². The number of aryl methyl sites for hydroxylation is 2. The SMILES string of the molecule is CCn1cc(-c2cccc(-c3cc(-c4ccccc4)n(CC)c3)c2)cc1-c1ccccc1. The van der Waals surface area contributed by atoms with E-state index in [-0.39, 0.29) is 0 Å². The van der Waals surface area contributed by atoms with Gasteiger partial charge in [-0.25, -0.2) is 0 Å². The van der Waals surface area contributed by atoms with Crippen LogP contribution in [0.1, 0.15) is 13.8 Å². The molecular weight excluding hydrogens is 388 g/mol. The summed E-state index contributed by atoms with van der Waals surface area (Å²) in [7, 11) is 0. The number of benzene rings is 3. The van der Waals surface area contributed by atoms with Gasteiger partial charge in [0.1, 0.15) is 0 Å². The monoisotopic (exact) mass is 416 g/mol. The average molecular weight is 417 g/mol. The first-order valence-electron chi connectivity index (χ1n) is 11.4. The second-order valence-corrected chi connectivity index (χ2v) is 8.11. The Morgan fingerprint density at radius 1 is 0.438 bits per heavy atom. The van der Waals surface area contributed by atoms with Gasteiger partial charge in [-0.05, 0) is 65.4 Å². The Hall–Kier alpha value is -3.78. The molecule has 0 bridgehead atoms. The Morgan fingerprint density at radius 2 is 0.844 bits per heavy atom. The Balaban J connectivity index is 1.54. The van der Waals surface area contributed by atoms with Crippen LogP contribution in [0.15, 0.2) is 109 Å². The van der Waals surface area contributed by atoms with Gasteiger partial charge in [-0.2, -0.15) is 0 Å². The summed E-state index contributed by atoms with van der Waals surface area (Å²) in [5.74, 6) is 0. The quantitative estimate of drug-likeness (QED) is 0.265. The second-order valence-electron chi connectivity index (χ2n) is 8.11. The van der Waals surface area contributed by atoms with Crippen molar-refractivity contribution < 1.29 is 0 Å². The molecule has 0 atom stereocenters. The normalized spacial score (nSPS) is 11.1. The van der Waals surface area contributed by atoms with Crippen LogP contribution in [0.5, 0.6) is 0 Å². The summed E-state index contributed by atoms with van der Waals surface area (Å²) in [4.78, 5) is 0. The molecule has 5 aromatic rings. The number of hydrogen-bond acceptors (Lipinski definition) is 0. The Labute approximate surface area is 190 Å². The highest BCUT2D eigenvalue weighted by molar-refractivity contribution is 5.78. The zero-order chi connectivity index (χ0) is 21.9. The molecule has 2 aromatic heterocycles. The third kappa shape index (κ3) is 3.80. The van der Waals surface area contributed by atoms with Gasteiger partial charge in [0.05, 0.1) is 0 Å². The van der Waals surface area contributed by atoms with E-state index in [1.165, 1.54) is 44.8 Å². The summed E-state index contributed by atoms with van der Waals surface area (Å²) >= 11 is 0. The standard InChI is InChI=1S/C30H28N2/c1-3-31-21-27(19-29(31)23-12-7-5-8-13-23)25-16-11-17-26(18-25)28-20-30(32(4-2)22-28)24-14-9-6-10-15-24/h5-22H,3-4H2,1-2H3. The Morgan fingerprint density at radius 3 is 1.25 bits per heavy atom. The van der Waals surface area contributed by atoms with Crippen LogP contribution in [0, 0.1) is 0 Å². The lowest BCUT2D eigenvalue weighted by atomic mass is 10.0. The maximum Gasteiger partial charge on any atom is 0.0486 e. The predicted molar refractivity (Wildman–Crippen MR) is 136 cm³/mol. The lowest BCUT2D eigenvalue weighted by molar-refractivity contribution is 0.777. The third-order valence-electron chi connectivity index (χ3n) is 6.14. The van der Waals surface area contributed by atoms with E-state index in [0.29, 0.717) is 0 Å². The molecule has 0 amide bonds. The molecule has 2 heterocycles. The fourth-order valence-electron chi connectivity index (χ4n) is 4.44. The summed E-state index contributed by atoms with van der Waals surface area (Å²) in [6.07, 6.45) is 4.54. The number of rotatable bonds is 6. The van der Waals surface area contributed by atoms with Crippen molar-refractivity contribution in [3.05, 3.63) is 109 Å². The van der Waals surface area contributed by atoms with Crippen LogP contribution in [0.4, 0.5) is 0 Å². The number of nitrogens with zero attached hydrogens (tertiary/aromatic N) is 2. The van der Waals surface area contributed by atoms with Gasteiger partial charge in [-0.15, -0.1) is 0 Å². The molecule has 158 valence electrons. The fourth-order valence-corrected chi connectivity index (χ4v) is 4.44. The second kappa shape index (κ2) is 8.76. The molecule has 0 unspecified atom stereocenters. The molecular formula is C30H28N2. The van der Waals surface area contributed by atoms with Gasteiger partial charge >= 0.3 is 0 Å². The molecule has 2 heteroatoms. The van der Waals surface area contributed by atoms with E-state index in [1.54, 1.807) is 0 Å². The summed E-state index contributed by atoms with van der Waals surface area (Å²) < 4.78 is 4.66. The zero-order valence-corrected chi connectivity index (χ0v) is 18.7. The molecule has 2 nitrogen and oxygen atoms in total. The highest BCUT2D eigenvalue weighted by Crippen LogP contribution is 2.33. The van der Waals surface area contributed by atoms with Gasteiger partial charge in [-0.1, -0.05) is 78.9 Å². The van der Waals surface area contributed by atoms with Crippen molar-refractivity contribution in [1.82, 2.24) is 9.13 Å². The first kappa shape index (κ1) is 20.1. The van der Waals surface area contributed by atoms with Crippen LogP contribution in [0.3, 0.4) is 0 Å². The lowest BCUT2D eigenvalue weighted by Crippen LogP contribution is -1.94. The van der Waals surface area contributed by atoms with Crippen molar-refractivity contribution in [3.63, 3.8) is 0 Å². The molecule has 0 aliphatic rings. The zero-order valence-electron chi connectivity index (χ0n) is 18.7. The van der Waals surface area contributed by atoms with Crippen molar-refractivity contribution >= 4 is 0 Å². The highest BCUT2D eigenvalue weighted by atomic mass is 15.0. The van der Waals surface area contributed by atoms with Crippen LogP contribution in [-0.2, 0) is 13.1 Å². The molecule has 0 radical (unpaired) electrons. The van der Waals surface area contributed by atoms with Crippen molar-refractivity contribution in [1.29, 1.82) is 0 Å². The summed E-state index contributed by atoms with van der Waals surface area (Å²) in [5, 5.41) is 0. The fraction of sp³-hybridized carbons (Fsp3) is 0.133. The van der Waals surface area contributed by atoms with E-state index < -0.39 is 0 Å². The Kier molecular flexibility index (Phi) is 5.51. The van der Waals surface area contributed by atoms with E-state index in [9.17, 15) is 0 Å². The van der Waals surface area contributed by atoms with Crippen LogP contribution in [0.2, 0.25) is 0 Å². The first-order chi connectivity index (χ1) is 15.8. The summed E-state index contributed by atoms with van der Waals surface area (Å²) in [6, 6.07) is 34.8. The molecule has 0 saturated heterocycles. The van der Waals surface area contributed by atoms with E-state index >= 15 is 0 Å². The largest absolute Gasteiger partial charge is 0.347 e. The van der Waals surface area contributed by atoms with Gasteiger partial charge in [0.2, 0.25) is 0 Å². The molecule has 0 saturated carbocycles. The average Bonchev–Trinajstić information content (AvgIpc) is 3.50. The lowest BCUT2D eigenvalue weighted by Gasteiger charge is -2.05. The minimum absolute atomic E-state index is 0.948. The first-order valence-corrected chi connectivity index (χ1v) is 11.4. The van der Waals surface area contributed by atoms with E-state index in [4.69, 9.17) is 0 Å². The maximum atomic E-state index is 2.33. The van der Waals surface area contributed by atoms with Crippen molar-refractivity contribution in [3.8, 4) is 44.8 Å². The van der Waals surface area contributed by atoms with Gasteiger partial charge in [0, 0.05) is 36.9 Å². The summed E-state index contributed by atoms with van der Waals surface area (Å²) in [5.41, 5.74) is 10.0. The van der Waals surface area contributed by atoms with E-state index in [0.717, 1.165) is 13.1 Å². The molecule has 0 fully saturated rings. The highest BCUT2D eigenvalue weighted by Gasteiger charge is 2.12. The van der Waals surface area contributed by atoms with Crippen LogP contribution >= 0.6 is 0 Å². The van der Waals surface area contributed by atoms with Gasteiger partial charge in [0.15, 0.2) is 0 Å². The molecule has 32 heavy (non-hydrogen) atoms. The van der Waals surface area contributed by atoms with E-state index in [2.05, 4.69) is 132 Å². The molecule has 0 aliphatic heterocycles. The molecule has 5 rings (SSSR count).